The second-order valence-corrected chi connectivity index (χ2v) is 10.1. The molecule has 11 nitrogen and oxygen atoms in total. The van der Waals surface area contributed by atoms with Crippen molar-refractivity contribution >= 4 is 39.2 Å². The monoisotopic (exact) mass is 510 g/mol. The van der Waals surface area contributed by atoms with Crippen LogP contribution in [0.2, 0.25) is 0 Å². The molecule has 2 N–H and O–H groups in total. The van der Waals surface area contributed by atoms with Crippen LogP contribution < -0.4 is 10.0 Å². The lowest BCUT2D eigenvalue weighted by atomic mass is 10.3. The van der Waals surface area contributed by atoms with Crippen LogP contribution in [0.3, 0.4) is 0 Å². The van der Waals surface area contributed by atoms with Gasteiger partial charge in [-0.1, -0.05) is 17.8 Å². The minimum Gasteiger partial charge on any atom is -0.325 e. The molecule has 0 atom stereocenters. The van der Waals surface area contributed by atoms with Crippen LogP contribution in [0.1, 0.15) is 11.5 Å². The molecule has 3 aromatic heterocycles. The number of carbonyl (C=O) groups excluding carboxylic acids is 1. The number of aryl methyl sites for hydroxylation is 2. The SMILES string of the molecule is Cc1cc(NS(=O)(=O)c2ccc(NC(=O)CSc3nnc(-c4ccccn4)n3C)cc2)nc(C)n1. The lowest BCUT2D eigenvalue weighted by Gasteiger charge is -2.10. The van der Waals surface area contributed by atoms with Gasteiger partial charge in [-0.3, -0.25) is 14.5 Å². The van der Waals surface area contributed by atoms with Crippen molar-refractivity contribution in [1.29, 1.82) is 0 Å². The highest BCUT2D eigenvalue weighted by Gasteiger charge is 2.17. The molecule has 13 heteroatoms. The van der Waals surface area contributed by atoms with Crippen molar-refractivity contribution in [3.05, 3.63) is 66.2 Å². The summed E-state index contributed by atoms with van der Waals surface area (Å²) in [6.07, 6.45) is 1.68. The molecular weight excluding hydrogens is 488 g/mol. The Kier molecular flexibility index (Phi) is 7.07. The zero-order valence-corrected chi connectivity index (χ0v) is 20.8. The first-order valence-corrected chi connectivity index (χ1v) is 12.9. The molecular formula is C22H22N8O3S2. The van der Waals surface area contributed by atoms with Crippen molar-refractivity contribution in [2.75, 3.05) is 15.8 Å². The van der Waals surface area contributed by atoms with Crippen LogP contribution in [0.25, 0.3) is 11.5 Å². The second kappa shape index (κ2) is 10.2. The Bertz CT molecular complexity index is 1440. The summed E-state index contributed by atoms with van der Waals surface area (Å²) in [6.45, 7) is 3.44. The summed E-state index contributed by atoms with van der Waals surface area (Å²) in [4.78, 5) is 24.9. The molecule has 0 radical (unpaired) electrons. The van der Waals surface area contributed by atoms with Crippen LogP contribution >= 0.6 is 11.8 Å². The number of rotatable bonds is 8. The van der Waals surface area contributed by atoms with E-state index >= 15 is 0 Å². The summed E-state index contributed by atoms with van der Waals surface area (Å²) in [6, 6.07) is 12.9. The molecule has 0 aliphatic heterocycles. The Morgan fingerprint density at radius 1 is 1.06 bits per heavy atom. The topological polar surface area (TPSA) is 145 Å². The van der Waals surface area contributed by atoms with Crippen molar-refractivity contribution in [3.8, 4) is 11.5 Å². The van der Waals surface area contributed by atoms with E-state index in [4.69, 9.17) is 0 Å². The van der Waals surface area contributed by atoms with E-state index in [0.717, 1.165) is 0 Å². The standard InChI is InChI=1S/C22H22N8O3S2/c1-14-12-19(25-15(2)24-14)29-35(32,33)17-9-7-16(8-10-17)26-20(31)13-34-22-28-27-21(30(22)3)18-6-4-5-11-23-18/h4-12H,13H2,1-3H3,(H,26,31)(H,24,25,29). The summed E-state index contributed by atoms with van der Waals surface area (Å²) < 4.78 is 29.6. The lowest BCUT2D eigenvalue weighted by molar-refractivity contribution is -0.113. The number of sulfonamides is 1. The molecule has 4 aromatic rings. The molecule has 0 saturated heterocycles. The molecule has 3 heterocycles. The molecule has 0 aliphatic carbocycles. The number of hydrogen-bond acceptors (Lipinski definition) is 9. The van der Waals surface area contributed by atoms with E-state index in [1.165, 1.54) is 36.0 Å². The molecule has 0 saturated carbocycles. The van der Waals surface area contributed by atoms with Gasteiger partial charge in [-0.2, -0.15) is 0 Å². The molecule has 4 rings (SSSR count). The van der Waals surface area contributed by atoms with Gasteiger partial charge in [0, 0.05) is 30.7 Å². The van der Waals surface area contributed by atoms with Crippen LogP contribution in [-0.4, -0.2) is 49.8 Å². The molecule has 0 spiro atoms. The summed E-state index contributed by atoms with van der Waals surface area (Å²) in [7, 11) is -2.04. The predicted molar refractivity (Wildman–Crippen MR) is 132 cm³/mol. The number of hydrogen-bond donors (Lipinski definition) is 2. The normalized spacial score (nSPS) is 11.3. The van der Waals surface area contributed by atoms with Gasteiger partial charge in [0.05, 0.1) is 10.6 Å². The van der Waals surface area contributed by atoms with Crippen LogP contribution in [0.4, 0.5) is 11.5 Å². The molecule has 1 amide bonds. The van der Waals surface area contributed by atoms with Crippen LogP contribution in [0, 0.1) is 13.8 Å². The number of nitrogens with one attached hydrogen (secondary N) is 2. The Balaban J connectivity index is 1.35. The Hall–Kier alpha value is -3.84. The van der Waals surface area contributed by atoms with Gasteiger partial charge in [0.15, 0.2) is 11.0 Å². The molecule has 0 unspecified atom stereocenters. The quantitative estimate of drug-likeness (QED) is 0.342. The van der Waals surface area contributed by atoms with Crippen molar-refractivity contribution in [3.63, 3.8) is 0 Å². The summed E-state index contributed by atoms with van der Waals surface area (Å²) >= 11 is 1.23. The minimum atomic E-state index is -3.84. The smallest absolute Gasteiger partial charge is 0.263 e. The molecule has 180 valence electrons. The Labute approximate surface area is 206 Å². The van der Waals surface area contributed by atoms with Gasteiger partial charge in [0.2, 0.25) is 5.91 Å². The average molecular weight is 511 g/mol. The fourth-order valence-corrected chi connectivity index (χ4v) is 4.87. The van der Waals surface area contributed by atoms with Gasteiger partial charge < -0.3 is 9.88 Å². The number of benzene rings is 1. The largest absolute Gasteiger partial charge is 0.325 e. The summed E-state index contributed by atoms with van der Waals surface area (Å²) in [5.41, 5.74) is 1.81. The van der Waals surface area contributed by atoms with E-state index in [2.05, 4.69) is 35.2 Å². The summed E-state index contributed by atoms with van der Waals surface area (Å²) in [5, 5.41) is 11.6. The third-order valence-corrected chi connectivity index (χ3v) is 7.11. The number of thioether (sulfide) groups is 1. The van der Waals surface area contributed by atoms with Crippen molar-refractivity contribution < 1.29 is 13.2 Å². The first-order chi connectivity index (χ1) is 16.7. The zero-order chi connectivity index (χ0) is 25.0. The van der Waals surface area contributed by atoms with Crippen LogP contribution in [-0.2, 0) is 21.9 Å². The number of aromatic nitrogens is 6. The van der Waals surface area contributed by atoms with Gasteiger partial charge in [-0.25, -0.2) is 18.4 Å². The number of amides is 1. The second-order valence-electron chi connectivity index (χ2n) is 7.49. The molecule has 1 aromatic carbocycles. The lowest BCUT2D eigenvalue weighted by Crippen LogP contribution is -2.16. The highest BCUT2D eigenvalue weighted by molar-refractivity contribution is 7.99. The van der Waals surface area contributed by atoms with Gasteiger partial charge in [0.25, 0.3) is 10.0 Å². The fraction of sp³-hybridized carbons (Fsp3) is 0.182. The Morgan fingerprint density at radius 2 is 1.83 bits per heavy atom. The third kappa shape index (κ3) is 6.00. The third-order valence-electron chi connectivity index (χ3n) is 4.71. The number of nitrogens with zero attached hydrogens (tertiary/aromatic N) is 6. The van der Waals surface area contributed by atoms with Gasteiger partial charge in [-0.15, -0.1) is 10.2 Å². The zero-order valence-electron chi connectivity index (χ0n) is 19.1. The van der Waals surface area contributed by atoms with Crippen LogP contribution in [0.15, 0.2) is 64.8 Å². The molecule has 0 fully saturated rings. The van der Waals surface area contributed by atoms with Crippen molar-refractivity contribution in [1.82, 2.24) is 29.7 Å². The van der Waals surface area contributed by atoms with E-state index in [0.29, 0.717) is 33.9 Å². The predicted octanol–water partition coefficient (Wildman–Crippen LogP) is 2.82. The van der Waals surface area contributed by atoms with E-state index in [1.54, 1.807) is 30.7 Å². The van der Waals surface area contributed by atoms with Crippen molar-refractivity contribution in [2.45, 2.75) is 23.9 Å². The number of pyridine rings is 1. The van der Waals surface area contributed by atoms with E-state index in [9.17, 15) is 13.2 Å². The minimum absolute atomic E-state index is 0.0416. The molecule has 0 aliphatic rings. The first-order valence-electron chi connectivity index (χ1n) is 10.4. The average Bonchev–Trinajstić information content (AvgIpc) is 3.18. The maximum Gasteiger partial charge on any atom is 0.263 e. The maximum atomic E-state index is 12.7. The molecule has 0 bridgehead atoms. The fourth-order valence-electron chi connectivity index (χ4n) is 3.17. The van der Waals surface area contributed by atoms with Crippen LogP contribution in [0.5, 0.6) is 0 Å². The molecule has 35 heavy (non-hydrogen) atoms. The van der Waals surface area contributed by atoms with Gasteiger partial charge in [0.1, 0.15) is 17.3 Å². The first kappa shape index (κ1) is 24.3. The van der Waals surface area contributed by atoms with Gasteiger partial charge in [-0.05, 0) is 50.2 Å². The van der Waals surface area contributed by atoms with Crippen molar-refractivity contribution in [2.24, 2.45) is 7.05 Å². The summed E-state index contributed by atoms with van der Waals surface area (Å²) in [5.74, 6) is 1.10. The van der Waals surface area contributed by atoms with Gasteiger partial charge >= 0.3 is 0 Å². The van der Waals surface area contributed by atoms with E-state index < -0.39 is 10.0 Å². The Morgan fingerprint density at radius 3 is 2.51 bits per heavy atom. The van der Waals surface area contributed by atoms with E-state index in [1.807, 2.05) is 25.2 Å². The highest BCUT2D eigenvalue weighted by Crippen LogP contribution is 2.22. The number of anilines is 2. The number of carbonyl (C=O) groups is 1. The highest BCUT2D eigenvalue weighted by atomic mass is 32.2. The van der Waals surface area contributed by atoms with E-state index in [-0.39, 0.29) is 22.4 Å². The maximum absolute atomic E-state index is 12.7.